The van der Waals surface area contributed by atoms with Crippen molar-refractivity contribution in [2.45, 2.75) is 32.4 Å². The maximum atomic E-state index is 12.3. The zero-order valence-corrected chi connectivity index (χ0v) is 14.4. The van der Waals surface area contributed by atoms with Crippen LogP contribution in [0.15, 0.2) is 59.1 Å². The fraction of sp³-hybridized carbons (Fsp3) is 0.278. The number of benzene rings is 2. The Morgan fingerprint density at radius 3 is 2.32 bits per heavy atom. The number of hydrogen-bond acceptors (Lipinski definition) is 2. The molecular formula is C18H21BrN2O. The molecule has 0 saturated heterocycles. The third-order valence-electron chi connectivity index (χ3n) is 3.57. The number of rotatable bonds is 6. The van der Waals surface area contributed by atoms with Gasteiger partial charge in [-0.25, -0.2) is 0 Å². The minimum atomic E-state index is -0.270. The van der Waals surface area contributed by atoms with Crippen LogP contribution in [0.2, 0.25) is 0 Å². The molecule has 2 aromatic carbocycles. The van der Waals surface area contributed by atoms with Crippen LogP contribution in [0.25, 0.3) is 0 Å². The Morgan fingerprint density at radius 2 is 1.73 bits per heavy atom. The summed E-state index contributed by atoms with van der Waals surface area (Å²) in [6.07, 6.45) is 0.921. The minimum Gasteiger partial charge on any atom is -0.325 e. The lowest BCUT2D eigenvalue weighted by Crippen LogP contribution is -2.40. The standard InChI is InChI=1S/C18H21BrN2O/c1-3-17(14-9-11-15(19)12-10-14)20-13(2)18(22)21-16-7-5-4-6-8-16/h4-13,17,20H,3H2,1-2H3,(H,21,22)/t13-,17+/m1/s1. The summed E-state index contributed by atoms with van der Waals surface area (Å²) in [7, 11) is 0. The third-order valence-corrected chi connectivity index (χ3v) is 4.10. The molecule has 3 nitrogen and oxygen atoms in total. The molecule has 0 radical (unpaired) electrons. The van der Waals surface area contributed by atoms with E-state index in [4.69, 9.17) is 0 Å². The molecule has 22 heavy (non-hydrogen) atoms. The van der Waals surface area contributed by atoms with Gasteiger partial charge >= 0.3 is 0 Å². The maximum Gasteiger partial charge on any atom is 0.241 e. The van der Waals surface area contributed by atoms with E-state index >= 15 is 0 Å². The van der Waals surface area contributed by atoms with Crippen molar-refractivity contribution in [2.24, 2.45) is 0 Å². The second-order valence-electron chi connectivity index (χ2n) is 5.26. The molecule has 1 amide bonds. The van der Waals surface area contributed by atoms with Crippen LogP contribution in [-0.4, -0.2) is 11.9 Å². The Hall–Kier alpha value is -1.65. The van der Waals surface area contributed by atoms with E-state index in [2.05, 4.69) is 45.6 Å². The summed E-state index contributed by atoms with van der Waals surface area (Å²) in [4.78, 5) is 12.3. The Labute approximate surface area is 140 Å². The van der Waals surface area contributed by atoms with E-state index in [-0.39, 0.29) is 18.0 Å². The number of carbonyl (C=O) groups is 1. The average Bonchev–Trinajstić information content (AvgIpc) is 2.54. The number of anilines is 1. The van der Waals surface area contributed by atoms with Gasteiger partial charge in [-0.15, -0.1) is 0 Å². The molecule has 0 spiro atoms. The summed E-state index contributed by atoms with van der Waals surface area (Å²) in [6, 6.07) is 17.6. The smallest absolute Gasteiger partial charge is 0.241 e. The molecule has 0 unspecified atom stereocenters. The molecule has 2 N–H and O–H groups in total. The van der Waals surface area contributed by atoms with Crippen molar-refractivity contribution in [1.82, 2.24) is 5.32 Å². The predicted molar refractivity (Wildman–Crippen MR) is 94.8 cm³/mol. The molecule has 0 saturated carbocycles. The second kappa shape index (κ2) is 8.11. The molecule has 2 aromatic rings. The average molecular weight is 361 g/mol. The van der Waals surface area contributed by atoms with E-state index in [0.29, 0.717) is 0 Å². The zero-order valence-electron chi connectivity index (χ0n) is 12.8. The lowest BCUT2D eigenvalue weighted by Gasteiger charge is -2.22. The van der Waals surface area contributed by atoms with Crippen LogP contribution in [-0.2, 0) is 4.79 Å². The van der Waals surface area contributed by atoms with Crippen LogP contribution in [0, 0.1) is 0 Å². The molecule has 0 aliphatic heterocycles. The molecule has 2 rings (SSSR count). The summed E-state index contributed by atoms with van der Waals surface area (Å²) >= 11 is 3.44. The summed E-state index contributed by atoms with van der Waals surface area (Å²) in [5.41, 5.74) is 2.00. The van der Waals surface area contributed by atoms with Crippen LogP contribution in [0.3, 0.4) is 0 Å². The quantitative estimate of drug-likeness (QED) is 0.795. The van der Waals surface area contributed by atoms with Crippen LogP contribution < -0.4 is 10.6 Å². The van der Waals surface area contributed by atoms with Crippen molar-refractivity contribution in [3.8, 4) is 0 Å². The van der Waals surface area contributed by atoms with Gasteiger partial charge in [-0.05, 0) is 43.2 Å². The van der Waals surface area contributed by atoms with Gasteiger partial charge in [-0.1, -0.05) is 53.2 Å². The van der Waals surface area contributed by atoms with E-state index < -0.39 is 0 Å². The topological polar surface area (TPSA) is 41.1 Å². The highest BCUT2D eigenvalue weighted by Gasteiger charge is 2.18. The van der Waals surface area contributed by atoms with Gasteiger partial charge < -0.3 is 5.32 Å². The summed E-state index contributed by atoms with van der Waals surface area (Å²) in [5, 5.41) is 6.32. The Morgan fingerprint density at radius 1 is 1.09 bits per heavy atom. The molecule has 0 aliphatic carbocycles. The van der Waals surface area contributed by atoms with E-state index in [1.165, 1.54) is 5.56 Å². The summed E-state index contributed by atoms with van der Waals surface area (Å²) < 4.78 is 1.06. The lowest BCUT2D eigenvalue weighted by molar-refractivity contribution is -0.118. The SMILES string of the molecule is CC[C@H](N[C@H](C)C(=O)Nc1ccccc1)c1ccc(Br)cc1. The van der Waals surface area contributed by atoms with Gasteiger partial charge in [0, 0.05) is 16.2 Å². The van der Waals surface area contributed by atoms with Gasteiger partial charge in [0.1, 0.15) is 0 Å². The highest BCUT2D eigenvalue weighted by Crippen LogP contribution is 2.20. The normalized spacial score (nSPS) is 13.4. The number of nitrogens with one attached hydrogen (secondary N) is 2. The number of halogens is 1. The van der Waals surface area contributed by atoms with Crippen LogP contribution in [0.5, 0.6) is 0 Å². The van der Waals surface area contributed by atoms with Gasteiger partial charge in [-0.2, -0.15) is 0 Å². The van der Waals surface area contributed by atoms with E-state index in [0.717, 1.165) is 16.6 Å². The van der Waals surface area contributed by atoms with Gasteiger partial charge in [0.25, 0.3) is 0 Å². The van der Waals surface area contributed by atoms with Crippen molar-refractivity contribution < 1.29 is 4.79 Å². The first-order chi connectivity index (χ1) is 10.6. The molecule has 2 atom stereocenters. The maximum absolute atomic E-state index is 12.3. The van der Waals surface area contributed by atoms with Crippen molar-refractivity contribution in [2.75, 3.05) is 5.32 Å². The van der Waals surface area contributed by atoms with Crippen molar-refractivity contribution in [1.29, 1.82) is 0 Å². The molecule has 0 fully saturated rings. The minimum absolute atomic E-state index is 0.0261. The number of hydrogen-bond donors (Lipinski definition) is 2. The third kappa shape index (κ3) is 4.68. The van der Waals surface area contributed by atoms with Gasteiger partial charge in [-0.3, -0.25) is 10.1 Å². The number of para-hydroxylation sites is 1. The molecule has 0 heterocycles. The van der Waals surface area contributed by atoms with Crippen LogP contribution in [0.4, 0.5) is 5.69 Å². The highest BCUT2D eigenvalue weighted by molar-refractivity contribution is 9.10. The predicted octanol–water partition coefficient (Wildman–Crippen LogP) is 4.52. The molecule has 4 heteroatoms. The monoisotopic (exact) mass is 360 g/mol. The van der Waals surface area contributed by atoms with Gasteiger partial charge in [0.15, 0.2) is 0 Å². The molecule has 116 valence electrons. The van der Waals surface area contributed by atoms with Crippen LogP contribution >= 0.6 is 15.9 Å². The number of carbonyl (C=O) groups excluding carboxylic acids is 1. The van der Waals surface area contributed by atoms with E-state index in [1.54, 1.807) is 0 Å². The number of amides is 1. The van der Waals surface area contributed by atoms with Crippen molar-refractivity contribution in [3.05, 3.63) is 64.6 Å². The Balaban J connectivity index is 1.98. The Bertz CT molecular complexity index is 598. The van der Waals surface area contributed by atoms with E-state index in [1.807, 2.05) is 49.4 Å². The largest absolute Gasteiger partial charge is 0.325 e. The summed E-state index contributed by atoms with van der Waals surface area (Å²) in [6.45, 7) is 4.00. The van der Waals surface area contributed by atoms with Crippen molar-refractivity contribution in [3.63, 3.8) is 0 Å². The first-order valence-corrected chi connectivity index (χ1v) is 8.27. The first-order valence-electron chi connectivity index (χ1n) is 7.47. The van der Waals surface area contributed by atoms with Crippen LogP contribution in [0.1, 0.15) is 31.9 Å². The molecule has 0 aliphatic rings. The Kier molecular flexibility index (Phi) is 6.16. The van der Waals surface area contributed by atoms with Gasteiger partial charge in [0.2, 0.25) is 5.91 Å². The summed E-state index contributed by atoms with van der Waals surface area (Å²) in [5.74, 6) is -0.0261. The van der Waals surface area contributed by atoms with Crippen molar-refractivity contribution >= 4 is 27.5 Å². The lowest BCUT2D eigenvalue weighted by atomic mass is 10.0. The van der Waals surface area contributed by atoms with E-state index in [9.17, 15) is 4.79 Å². The molecular weight excluding hydrogens is 340 g/mol. The fourth-order valence-electron chi connectivity index (χ4n) is 2.29. The van der Waals surface area contributed by atoms with Gasteiger partial charge in [0.05, 0.1) is 6.04 Å². The molecule has 0 bridgehead atoms. The zero-order chi connectivity index (χ0) is 15.9. The molecule has 0 aromatic heterocycles. The second-order valence-corrected chi connectivity index (χ2v) is 6.17. The fourth-order valence-corrected chi connectivity index (χ4v) is 2.56. The highest BCUT2D eigenvalue weighted by atomic mass is 79.9. The first kappa shape index (κ1) is 16.7.